The molecule has 1 aromatic carbocycles. The first-order valence-corrected chi connectivity index (χ1v) is 5.76. The standard InChI is InChI=1S/C13H14N2O2/c1-6-3-4-7(2)11-10(6)12(16)15(13(11)17)9-5-8(9)14/h3-4,8-9H,5,14H2,1-2H3. The zero-order chi connectivity index (χ0) is 12.3. The zero-order valence-corrected chi connectivity index (χ0v) is 9.86. The van der Waals surface area contributed by atoms with Gasteiger partial charge in [0.25, 0.3) is 11.8 Å². The van der Waals surface area contributed by atoms with Gasteiger partial charge in [-0.05, 0) is 31.4 Å². The number of carbonyl (C=O) groups excluding carboxylic acids is 2. The third kappa shape index (κ3) is 1.27. The normalized spacial score (nSPS) is 26.4. The van der Waals surface area contributed by atoms with Gasteiger partial charge in [0, 0.05) is 6.04 Å². The fraction of sp³-hybridized carbons (Fsp3) is 0.385. The summed E-state index contributed by atoms with van der Waals surface area (Å²) in [4.78, 5) is 25.9. The van der Waals surface area contributed by atoms with E-state index in [1.807, 2.05) is 26.0 Å². The van der Waals surface area contributed by atoms with Crippen molar-refractivity contribution in [1.29, 1.82) is 0 Å². The van der Waals surface area contributed by atoms with Crippen LogP contribution in [0.2, 0.25) is 0 Å². The Morgan fingerprint density at radius 3 is 1.88 bits per heavy atom. The van der Waals surface area contributed by atoms with Crippen molar-refractivity contribution < 1.29 is 9.59 Å². The van der Waals surface area contributed by atoms with Crippen molar-refractivity contribution in [3.8, 4) is 0 Å². The third-order valence-electron chi connectivity index (χ3n) is 3.62. The molecule has 1 aliphatic heterocycles. The fourth-order valence-electron chi connectivity index (χ4n) is 2.49. The van der Waals surface area contributed by atoms with Gasteiger partial charge in [0.15, 0.2) is 0 Å². The molecule has 1 fully saturated rings. The summed E-state index contributed by atoms with van der Waals surface area (Å²) in [6.45, 7) is 3.72. The van der Waals surface area contributed by atoms with Crippen molar-refractivity contribution in [2.45, 2.75) is 32.4 Å². The van der Waals surface area contributed by atoms with Gasteiger partial charge < -0.3 is 5.73 Å². The topological polar surface area (TPSA) is 63.4 Å². The van der Waals surface area contributed by atoms with E-state index in [9.17, 15) is 9.59 Å². The minimum Gasteiger partial charge on any atom is -0.326 e. The molecule has 2 atom stereocenters. The summed E-state index contributed by atoms with van der Waals surface area (Å²) in [5.41, 5.74) is 8.59. The summed E-state index contributed by atoms with van der Waals surface area (Å²) >= 11 is 0. The van der Waals surface area contributed by atoms with Gasteiger partial charge in [0.2, 0.25) is 0 Å². The van der Waals surface area contributed by atoms with Gasteiger partial charge in [-0.3, -0.25) is 14.5 Å². The van der Waals surface area contributed by atoms with Crippen molar-refractivity contribution in [2.75, 3.05) is 0 Å². The number of nitrogens with two attached hydrogens (primary N) is 1. The minimum atomic E-state index is -0.177. The van der Waals surface area contributed by atoms with Crippen LogP contribution >= 0.6 is 0 Å². The lowest BCUT2D eigenvalue weighted by molar-refractivity contribution is 0.0639. The number of fused-ring (bicyclic) bond motifs is 1. The number of hydrogen-bond acceptors (Lipinski definition) is 3. The average molecular weight is 230 g/mol. The zero-order valence-electron chi connectivity index (χ0n) is 9.86. The van der Waals surface area contributed by atoms with E-state index in [-0.39, 0.29) is 23.9 Å². The van der Waals surface area contributed by atoms with Crippen LogP contribution in [0.15, 0.2) is 12.1 Å². The molecule has 2 unspecified atom stereocenters. The van der Waals surface area contributed by atoms with Crippen LogP contribution < -0.4 is 5.73 Å². The summed E-state index contributed by atoms with van der Waals surface area (Å²) in [6.07, 6.45) is 0.726. The molecule has 2 aliphatic rings. The van der Waals surface area contributed by atoms with E-state index >= 15 is 0 Å². The summed E-state index contributed by atoms with van der Waals surface area (Å²) in [7, 11) is 0. The van der Waals surface area contributed by atoms with Crippen LogP contribution in [0.3, 0.4) is 0 Å². The summed E-state index contributed by atoms with van der Waals surface area (Å²) in [6, 6.07) is 3.63. The summed E-state index contributed by atoms with van der Waals surface area (Å²) in [5.74, 6) is -0.353. The van der Waals surface area contributed by atoms with E-state index < -0.39 is 0 Å². The van der Waals surface area contributed by atoms with Gasteiger partial charge in [-0.25, -0.2) is 0 Å². The van der Waals surface area contributed by atoms with E-state index in [2.05, 4.69) is 0 Å². The van der Waals surface area contributed by atoms with E-state index in [0.29, 0.717) is 11.1 Å². The van der Waals surface area contributed by atoms with Crippen LogP contribution in [0.1, 0.15) is 38.3 Å². The predicted octanol–water partition coefficient (Wildman–Crippen LogP) is 0.999. The molecule has 0 spiro atoms. The fourth-order valence-corrected chi connectivity index (χ4v) is 2.49. The summed E-state index contributed by atoms with van der Waals surface area (Å²) < 4.78 is 0. The molecular weight excluding hydrogens is 216 g/mol. The van der Waals surface area contributed by atoms with Crippen LogP contribution in [0.5, 0.6) is 0 Å². The molecule has 2 amide bonds. The Kier molecular flexibility index (Phi) is 1.95. The van der Waals surface area contributed by atoms with Crippen LogP contribution in [0.25, 0.3) is 0 Å². The number of hydrogen-bond donors (Lipinski definition) is 1. The molecule has 4 nitrogen and oxygen atoms in total. The first kappa shape index (κ1) is 10.5. The first-order valence-electron chi connectivity index (χ1n) is 5.76. The molecule has 1 aliphatic carbocycles. The first-order chi connectivity index (χ1) is 8.02. The Morgan fingerprint density at radius 1 is 1.12 bits per heavy atom. The predicted molar refractivity (Wildman–Crippen MR) is 62.8 cm³/mol. The number of rotatable bonds is 1. The second kappa shape index (κ2) is 3.17. The van der Waals surface area contributed by atoms with E-state index in [1.54, 1.807) is 0 Å². The largest absolute Gasteiger partial charge is 0.326 e. The van der Waals surface area contributed by atoms with E-state index in [0.717, 1.165) is 17.5 Å². The molecule has 1 heterocycles. The maximum absolute atomic E-state index is 12.3. The Balaban J connectivity index is 2.15. The van der Waals surface area contributed by atoms with Gasteiger partial charge in [0.1, 0.15) is 0 Å². The number of benzene rings is 1. The number of aryl methyl sites for hydroxylation is 2. The quantitative estimate of drug-likeness (QED) is 0.732. The lowest BCUT2D eigenvalue weighted by Gasteiger charge is -2.12. The maximum atomic E-state index is 12.3. The molecule has 0 saturated heterocycles. The molecule has 3 rings (SSSR count). The molecule has 4 heteroatoms. The second-order valence-electron chi connectivity index (χ2n) is 4.90. The van der Waals surface area contributed by atoms with Crippen molar-refractivity contribution in [3.63, 3.8) is 0 Å². The van der Waals surface area contributed by atoms with Gasteiger partial charge in [-0.1, -0.05) is 12.1 Å². The lowest BCUT2D eigenvalue weighted by Crippen LogP contribution is -2.35. The molecule has 0 bridgehead atoms. The highest BCUT2D eigenvalue weighted by Crippen LogP contribution is 2.36. The molecule has 2 N–H and O–H groups in total. The number of carbonyl (C=O) groups is 2. The van der Waals surface area contributed by atoms with Crippen LogP contribution in [0.4, 0.5) is 0 Å². The molecule has 17 heavy (non-hydrogen) atoms. The van der Waals surface area contributed by atoms with Crippen molar-refractivity contribution in [3.05, 3.63) is 34.4 Å². The minimum absolute atomic E-state index is 0.0437. The van der Waals surface area contributed by atoms with Crippen molar-refractivity contribution in [2.24, 2.45) is 5.73 Å². The second-order valence-corrected chi connectivity index (χ2v) is 4.90. The maximum Gasteiger partial charge on any atom is 0.262 e. The highest BCUT2D eigenvalue weighted by Gasteiger charge is 2.50. The third-order valence-corrected chi connectivity index (χ3v) is 3.62. The van der Waals surface area contributed by atoms with Crippen LogP contribution in [-0.2, 0) is 0 Å². The van der Waals surface area contributed by atoms with Gasteiger partial charge in [0.05, 0.1) is 17.2 Å². The van der Waals surface area contributed by atoms with E-state index in [1.165, 1.54) is 4.90 Å². The van der Waals surface area contributed by atoms with Crippen LogP contribution in [-0.4, -0.2) is 28.8 Å². The van der Waals surface area contributed by atoms with Crippen molar-refractivity contribution in [1.82, 2.24) is 4.90 Å². The lowest BCUT2D eigenvalue weighted by atomic mass is 9.99. The van der Waals surface area contributed by atoms with Crippen LogP contribution in [0, 0.1) is 13.8 Å². The number of imide groups is 1. The average Bonchev–Trinajstić information content (AvgIpc) is 2.91. The number of amides is 2. The molecule has 0 radical (unpaired) electrons. The monoisotopic (exact) mass is 230 g/mol. The highest BCUT2D eigenvalue weighted by atomic mass is 16.2. The SMILES string of the molecule is Cc1ccc(C)c2c1C(=O)N(C1CC1N)C2=O. The van der Waals surface area contributed by atoms with Gasteiger partial charge in [-0.15, -0.1) is 0 Å². The highest BCUT2D eigenvalue weighted by molar-refractivity contribution is 6.23. The number of nitrogens with zero attached hydrogens (tertiary/aromatic N) is 1. The molecule has 88 valence electrons. The Morgan fingerprint density at radius 2 is 1.53 bits per heavy atom. The van der Waals surface area contributed by atoms with Gasteiger partial charge >= 0.3 is 0 Å². The molecule has 0 aromatic heterocycles. The molecule has 1 saturated carbocycles. The summed E-state index contributed by atoms with van der Waals surface area (Å²) in [5, 5.41) is 0. The van der Waals surface area contributed by atoms with Gasteiger partial charge in [-0.2, -0.15) is 0 Å². The molecule has 1 aromatic rings. The smallest absolute Gasteiger partial charge is 0.262 e. The van der Waals surface area contributed by atoms with Crippen molar-refractivity contribution >= 4 is 11.8 Å². The Hall–Kier alpha value is -1.68. The van der Waals surface area contributed by atoms with E-state index in [4.69, 9.17) is 5.73 Å². The molecular formula is C13H14N2O2. The Labute approximate surface area is 99.4 Å². The Bertz CT molecular complexity index is 510.